The summed E-state index contributed by atoms with van der Waals surface area (Å²) in [5.74, 6) is 0.556. The van der Waals surface area contributed by atoms with Gasteiger partial charge < -0.3 is 10.5 Å². The number of rotatable bonds is 5. The number of nitrogens with two attached hydrogens (primary N) is 1. The Morgan fingerprint density at radius 3 is 2.56 bits per heavy atom. The Morgan fingerprint density at radius 2 is 2.00 bits per heavy atom. The summed E-state index contributed by atoms with van der Waals surface area (Å²) in [4.78, 5) is 11.6. The highest BCUT2D eigenvalue weighted by atomic mass is 16.5. The molecule has 0 bridgehead atoms. The summed E-state index contributed by atoms with van der Waals surface area (Å²) in [5.41, 5.74) is 5.81. The van der Waals surface area contributed by atoms with E-state index >= 15 is 0 Å². The lowest BCUT2D eigenvalue weighted by atomic mass is 9.90. The third-order valence-corrected chi connectivity index (χ3v) is 3.72. The molecule has 1 saturated carbocycles. The van der Waals surface area contributed by atoms with Crippen molar-refractivity contribution in [3.8, 4) is 0 Å². The summed E-state index contributed by atoms with van der Waals surface area (Å²) in [6, 6.07) is -0.450. The molecule has 0 heterocycles. The number of hydrogen-bond acceptors (Lipinski definition) is 3. The summed E-state index contributed by atoms with van der Waals surface area (Å²) in [7, 11) is 0. The predicted octanol–water partition coefficient (Wildman–Crippen LogP) is 2.48. The fourth-order valence-electron chi connectivity index (χ4n) is 2.14. The van der Waals surface area contributed by atoms with Crippen LogP contribution in [0.3, 0.4) is 0 Å². The Labute approximate surface area is 98.7 Å². The molecule has 0 aliphatic heterocycles. The Bertz CT molecular complexity index is 212. The van der Waals surface area contributed by atoms with Crippen molar-refractivity contribution in [3.63, 3.8) is 0 Å². The zero-order valence-electron chi connectivity index (χ0n) is 10.6. The van der Waals surface area contributed by atoms with Gasteiger partial charge in [0.2, 0.25) is 0 Å². The maximum Gasteiger partial charge on any atom is 0.323 e. The molecule has 2 N–H and O–H groups in total. The Kier molecular flexibility index (Phi) is 5.81. The highest BCUT2D eigenvalue weighted by Crippen LogP contribution is 2.23. The average Bonchev–Trinajstić information content (AvgIpc) is 2.35. The summed E-state index contributed by atoms with van der Waals surface area (Å²) < 4.78 is 5.30. The van der Waals surface area contributed by atoms with Gasteiger partial charge in [0.05, 0.1) is 6.61 Å². The molecule has 1 aliphatic rings. The molecule has 0 aromatic carbocycles. The monoisotopic (exact) mass is 227 g/mol. The third-order valence-electron chi connectivity index (χ3n) is 3.72. The van der Waals surface area contributed by atoms with E-state index in [1.807, 2.05) is 13.8 Å². The van der Waals surface area contributed by atoms with Crippen LogP contribution < -0.4 is 5.73 Å². The number of carbonyl (C=O) groups excluding carboxylic acids is 1. The van der Waals surface area contributed by atoms with Gasteiger partial charge in [-0.15, -0.1) is 0 Å². The molecule has 0 aromatic rings. The van der Waals surface area contributed by atoms with Crippen molar-refractivity contribution in [3.05, 3.63) is 0 Å². The molecule has 1 rings (SSSR count). The fraction of sp³-hybridized carbons (Fsp3) is 0.923. The van der Waals surface area contributed by atoms with Crippen molar-refractivity contribution < 1.29 is 9.53 Å². The average molecular weight is 227 g/mol. The van der Waals surface area contributed by atoms with Crippen LogP contribution in [-0.2, 0) is 9.53 Å². The summed E-state index contributed by atoms with van der Waals surface area (Å²) in [6.07, 6.45) is 7.20. The van der Waals surface area contributed by atoms with Gasteiger partial charge in [0.25, 0.3) is 0 Å². The van der Waals surface area contributed by atoms with Crippen LogP contribution in [0.5, 0.6) is 0 Å². The van der Waals surface area contributed by atoms with E-state index < -0.39 is 6.04 Å². The zero-order chi connectivity index (χ0) is 12.0. The molecular weight excluding hydrogens is 202 g/mol. The lowest BCUT2D eigenvalue weighted by molar-refractivity contribution is -0.148. The number of ether oxygens (including phenoxy) is 1. The van der Waals surface area contributed by atoms with Crippen molar-refractivity contribution in [1.29, 1.82) is 0 Å². The van der Waals surface area contributed by atoms with Crippen molar-refractivity contribution >= 4 is 5.97 Å². The Morgan fingerprint density at radius 1 is 1.38 bits per heavy atom. The van der Waals surface area contributed by atoms with Gasteiger partial charge in [-0.2, -0.15) is 0 Å². The highest BCUT2D eigenvalue weighted by molar-refractivity contribution is 5.75. The first-order valence-electron chi connectivity index (χ1n) is 6.57. The molecule has 0 radical (unpaired) electrons. The molecule has 0 amide bonds. The number of carbonyl (C=O) groups is 1. The van der Waals surface area contributed by atoms with Crippen LogP contribution in [0.15, 0.2) is 0 Å². The summed E-state index contributed by atoms with van der Waals surface area (Å²) in [6.45, 7) is 4.61. The first-order valence-corrected chi connectivity index (χ1v) is 6.57. The maximum atomic E-state index is 11.6. The van der Waals surface area contributed by atoms with E-state index in [0.29, 0.717) is 12.5 Å². The van der Waals surface area contributed by atoms with Gasteiger partial charge in [0, 0.05) is 0 Å². The Balaban J connectivity index is 2.23. The quantitative estimate of drug-likeness (QED) is 0.734. The molecule has 1 fully saturated rings. The lowest BCUT2D eigenvalue weighted by Gasteiger charge is -2.23. The van der Waals surface area contributed by atoms with E-state index in [-0.39, 0.29) is 11.9 Å². The minimum Gasteiger partial charge on any atom is -0.464 e. The molecule has 16 heavy (non-hydrogen) atoms. The second-order valence-corrected chi connectivity index (χ2v) is 5.05. The van der Waals surface area contributed by atoms with Crippen molar-refractivity contribution in [2.45, 2.75) is 58.4 Å². The van der Waals surface area contributed by atoms with Crippen molar-refractivity contribution in [2.75, 3.05) is 6.61 Å². The molecule has 1 aliphatic carbocycles. The standard InChI is InChI=1S/C13H25NO2/c1-3-10(2)12(14)13(15)16-9-11-7-5-4-6-8-11/h10-12H,3-9,14H2,1-2H3/t10-,12-/m0/s1. The highest BCUT2D eigenvalue weighted by Gasteiger charge is 2.22. The second kappa shape index (κ2) is 6.89. The van der Waals surface area contributed by atoms with E-state index in [2.05, 4.69) is 0 Å². The van der Waals surface area contributed by atoms with Crippen LogP contribution in [-0.4, -0.2) is 18.6 Å². The number of hydrogen-bond donors (Lipinski definition) is 1. The molecule has 0 saturated heterocycles. The minimum atomic E-state index is -0.450. The first kappa shape index (κ1) is 13.5. The SMILES string of the molecule is CC[C@H](C)[C@H](N)C(=O)OCC1CCCCC1. The summed E-state index contributed by atoms with van der Waals surface area (Å²) in [5, 5.41) is 0. The molecule has 0 aromatic heterocycles. The molecular formula is C13H25NO2. The Hall–Kier alpha value is -0.570. The molecule has 2 atom stereocenters. The van der Waals surface area contributed by atoms with Gasteiger partial charge in [-0.05, 0) is 24.7 Å². The predicted molar refractivity (Wildman–Crippen MR) is 65.0 cm³/mol. The molecule has 3 heteroatoms. The van der Waals surface area contributed by atoms with Crippen LogP contribution in [0.1, 0.15) is 52.4 Å². The molecule has 0 unspecified atom stereocenters. The lowest BCUT2D eigenvalue weighted by Crippen LogP contribution is -2.38. The van der Waals surface area contributed by atoms with Crippen LogP contribution >= 0.6 is 0 Å². The molecule has 94 valence electrons. The van der Waals surface area contributed by atoms with E-state index in [1.54, 1.807) is 0 Å². The second-order valence-electron chi connectivity index (χ2n) is 5.05. The third kappa shape index (κ3) is 4.12. The minimum absolute atomic E-state index is 0.207. The van der Waals surface area contributed by atoms with Crippen molar-refractivity contribution in [1.82, 2.24) is 0 Å². The van der Waals surface area contributed by atoms with Crippen molar-refractivity contribution in [2.24, 2.45) is 17.6 Å². The fourth-order valence-corrected chi connectivity index (χ4v) is 2.14. The van der Waals surface area contributed by atoms with Crippen LogP contribution in [0.25, 0.3) is 0 Å². The van der Waals surface area contributed by atoms with Crippen LogP contribution in [0, 0.1) is 11.8 Å². The van der Waals surface area contributed by atoms with Gasteiger partial charge in [0.1, 0.15) is 6.04 Å². The van der Waals surface area contributed by atoms with Gasteiger partial charge in [-0.25, -0.2) is 0 Å². The van der Waals surface area contributed by atoms with Crippen LogP contribution in [0.4, 0.5) is 0 Å². The number of esters is 1. The zero-order valence-corrected chi connectivity index (χ0v) is 10.6. The van der Waals surface area contributed by atoms with E-state index in [4.69, 9.17) is 10.5 Å². The van der Waals surface area contributed by atoms with E-state index in [1.165, 1.54) is 32.1 Å². The molecule has 3 nitrogen and oxygen atoms in total. The van der Waals surface area contributed by atoms with Gasteiger partial charge in [-0.3, -0.25) is 4.79 Å². The van der Waals surface area contributed by atoms with Crippen LogP contribution in [0.2, 0.25) is 0 Å². The van der Waals surface area contributed by atoms with Gasteiger partial charge in [-0.1, -0.05) is 39.5 Å². The summed E-state index contributed by atoms with van der Waals surface area (Å²) >= 11 is 0. The first-order chi connectivity index (χ1) is 7.65. The van der Waals surface area contributed by atoms with E-state index in [0.717, 1.165) is 6.42 Å². The smallest absolute Gasteiger partial charge is 0.323 e. The topological polar surface area (TPSA) is 52.3 Å². The van der Waals surface area contributed by atoms with Gasteiger partial charge >= 0.3 is 5.97 Å². The maximum absolute atomic E-state index is 11.6. The van der Waals surface area contributed by atoms with E-state index in [9.17, 15) is 4.79 Å². The molecule has 0 spiro atoms. The van der Waals surface area contributed by atoms with Gasteiger partial charge in [0.15, 0.2) is 0 Å². The largest absolute Gasteiger partial charge is 0.464 e. The normalized spacial score (nSPS) is 21.4.